The van der Waals surface area contributed by atoms with Gasteiger partial charge in [0.2, 0.25) is 5.91 Å². The van der Waals surface area contributed by atoms with Crippen LogP contribution in [-0.4, -0.2) is 21.8 Å². The summed E-state index contributed by atoms with van der Waals surface area (Å²) in [7, 11) is 0. The Morgan fingerprint density at radius 3 is 2.35 bits per heavy atom. The maximum Gasteiger partial charge on any atom is 0.281 e. The zero-order valence-electron chi connectivity index (χ0n) is 17.5. The van der Waals surface area contributed by atoms with Crippen LogP contribution < -0.4 is 10.9 Å². The number of carbonyl (C=O) groups is 2. The highest BCUT2D eigenvalue weighted by Gasteiger charge is 2.18. The summed E-state index contributed by atoms with van der Waals surface area (Å²) in [5.41, 5.74) is 10.2. The number of nitrogens with zero attached hydrogens (tertiary/aromatic N) is 2. The van der Waals surface area contributed by atoms with Crippen molar-refractivity contribution in [3.8, 4) is 10.6 Å². The molecule has 0 aliphatic rings. The number of benzene rings is 2. The van der Waals surface area contributed by atoms with E-state index in [2.05, 4.69) is 20.8 Å². The molecule has 156 valence electrons. The number of rotatable bonds is 4. The molecule has 0 spiro atoms. The van der Waals surface area contributed by atoms with E-state index in [-0.39, 0.29) is 18.2 Å². The minimum atomic E-state index is -0.379. The van der Waals surface area contributed by atoms with Gasteiger partial charge in [0, 0.05) is 16.6 Å². The summed E-state index contributed by atoms with van der Waals surface area (Å²) in [5.74, 6) is -0.683. The monoisotopic (exact) mass is 430 g/mol. The SMILES string of the molecule is Cc1nc(-c2ccccc2)sc1C(=O)NNC(=O)Cc1c(C)nc2ccccc2c1C. The molecule has 2 aromatic carbocycles. The number of carbonyl (C=O) groups excluding carboxylic acids is 2. The molecule has 0 fully saturated rings. The lowest BCUT2D eigenvalue weighted by Gasteiger charge is -2.13. The lowest BCUT2D eigenvalue weighted by atomic mass is 9.99. The van der Waals surface area contributed by atoms with Crippen LogP contribution in [0.3, 0.4) is 0 Å². The second kappa shape index (κ2) is 8.65. The van der Waals surface area contributed by atoms with E-state index in [0.29, 0.717) is 10.6 Å². The Kier molecular flexibility index (Phi) is 5.77. The molecule has 2 heterocycles. The van der Waals surface area contributed by atoms with Crippen LogP contribution in [-0.2, 0) is 11.2 Å². The Balaban J connectivity index is 1.45. The first kappa shape index (κ1) is 20.7. The molecule has 0 saturated carbocycles. The van der Waals surface area contributed by atoms with Gasteiger partial charge in [-0.1, -0.05) is 48.5 Å². The number of amides is 2. The molecule has 6 nitrogen and oxygen atoms in total. The van der Waals surface area contributed by atoms with Crippen molar-refractivity contribution in [3.63, 3.8) is 0 Å². The third kappa shape index (κ3) is 4.32. The number of fused-ring (bicyclic) bond motifs is 1. The summed E-state index contributed by atoms with van der Waals surface area (Å²) >= 11 is 1.30. The average molecular weight is 431 g/mol. The lowest BCUT2D eigenvalue weighted by Crippen LogP contribution is -2.42. The number of thiazole rings is 1. The second-order valence-electron chi connectivity index (χ2n) is 7.30. The highest BCUT2D eigenvalue weighted by Crippen LogP contribution is 2.27. The number of nitrogens with one attached hydrogen (secondary N) is 2. The summed E-state index contributed by atoms with van der Waals surface area (Å²) < 4.78 is 0. The van der Waals surface area contributed by atoms with Gasteiger partial charge in [0.25, 0.3) is 5.91 Å². The predicted molar refractivity (Wildman–Crippen MR) is 123 cm³/mol. The number of hydrogen-bond donors (Lipinski definition) is 2. The van der Waals surface area contributed by atoms with Gasteiger partial charge in [-0.3, -0.25) is 25.4 Å². The van der Waals surface area contributed by atoms with Crippen LogP contribution in [0.25, 0.3) is 21.5 Å². The van der Waals surface area contributed by atoms with Crippen molar-refractivity contribution >= 4 is 34.1 Å². The Labute approximate surface area is 184 Å². The Morgan fingerprint density at radius 1 is 0.871 bits per heavy atom. The third-order valence-electron chi connectivity index (χ3n) is 5.16. The van der Waals surface area contributed by atoms with Gasteiger partial charge in [0.1, 0.15) is 9.88 Å². The van der Waals surface area contributed by atoms with Crippen molar-refractivity contribution in [1.29, 1.82) is 0 Å². The molecule has 0 aliphatic heterocycles. The van der Waals surface area contributed by atoms with Gasteiger partial charge in [0.05, 0.1) is 17.6 Å². The van der Waals surface area contributed by atoms with Gasteiger partial charge in [-0.2, -0.15) is 0 Å². The first-order chi connectivity index (χ1) is 14.9. The molecule has 2 N–H and O–H groups in total. The van der Waals surface area contributed by atoms with Crippen molar-refractivity contribution < 1.29 is 9.59 Å². The number of para-hydroxylation sites is 1. The largest absolute Gasteiger partial charge is 0.281 e. The van der Waals surface area contributed by atoms with Crippen LogP contribution in [0.1, 0.15) is 32.2 Å². The second-order valence-corrected chi connectivity index (χ2v) is 8.30. The van der Waals surface area contributed by atoms with E-state index in [0.717, 1.165) is 38.3 Å². The number of pyridine rings is 1. The molecule has 0 bridgehead atoms. The minimum absolute atomic E-state index is 0.132. The number of hydrogen-bond acceptors (Lipinski definition) is 5. The molecular weight excluding hydrogens is 408 g/mol. The molecule has 7 heteroatoms. The van der Waals surface area contributed by atoms with Crippen LogP contribution in [0.4, 0.5) is 0 Å². The summed E-state index contributed by atoms with van der Waals surface area (Å²) in [5, 5.41) is 1.79. The fraction of sp³-hybridized carbons (Fsp3) is 0.167. The Morgan fingerprint density at radius 2 is 1.58 bits per heavy atom. The lowest BCUT2D eigenvalue weighted by molar-refractivity contribution is -0.121. The van der Waals surface area contributed by atoms with Crippen LogP contribution in [0, 0.1) is 20.8 Å². The number of aromatic nitrogens is 2. The Bertz CT molecular complexity index is 1280. The molecule has 0 unspecified atom stereocenters. The maximum absolute atomic E-state index is 12.6. The molecule has 0 radical (unpaired) electrons. The maximum atomic E-state index is 12.6. The van der Waals surface area contributed by atoms with Gasteiger partial charge in [-0.15, -0.1) is 11.3 Å². The zero-order chi connectivity index (χ0) is 22.0. The van der Waals surface area contributed by atoms with E-state index >= 15 is 0 Å². The normalized spacial score (nSPS) is 10.8. The van der Waals surface area contributed by atoms with Crippen LogP contribution in [0.15, 0.2) is 54.6 Å². The first-order valence-electron chi connectivity index (χ1n) is 9.91. The van der Waals surface area contributed by atoms with Crippen molar-refractivity contribution in [2.24, 2.45) is 0 Å². The molecule has 31 heavy (non-hydrogen) atoms. The van der Waals surface area contributed by atoms with E-state index in [1.807, 2.05) is 68.4 Å². The summed E-state index contributed by atoms with van der Waals surface area (Å²) in [6.07, 6.45) is 0.132. The molecule has 0 saturated heterocycles. The zero-order valence-corrected chi connectivity index (χ0v) is 18.3. The number of hydrazine groups is 1. The molecule has 4 rings (SSSR count). The highest BCUT2D eigenvalue weighted by atomic mass is 32.1. The van der Waals surface area contributed by atoms with E-state index in [4.69, 9.17) is 0 Å². The summed E-state index contributed by atoms with van der Waals surface area (Å²) in [6, 6.07) is 17.5. The van der Waals surface area contributed by atoms with E-state index in [9.17, 15) is 9.59 Å². The first-order valence-corrected chi connectivity index (χ1v) is 10.7. The molecular formula is C24H22N4O2S. The topological polar surface area (TPSA) is 84.0 Å². The van der Waals surface area contributed by atoms with Gasteiger partial charge < -0.3 is 0 Å². The van der Waals surface area contributed by atoms with Crippen molar-refractivity contribution in [1.82, 2.24) is 20.8 Å². The molecule has 0 aliphatic carbocycles. The van der Waals surface area contributed by atoms with E-state index in [1.165, 1.54) is 11.3 Å². The van der Waals surface area contributed by atoms with Gasteiger partial charge in [-0.05, 0) is 38.0 Å². The van der Waals surface area contributed by atoms with Gasteiger partial charge in [0.15, 0.2) is 0 Å². The standard InChI is InChI=1S/C24H22N4O2S/c1-14-18-11-7-8-12-20(18)25-15(2)19(14)13-21(29)27-28-23(30)22-16(3)26-24(31-22)17-9-5-4-6-10-17/h4-12H,13H2,1-3H3,(H,27,29)(H,28,30). The molecule has 0 atom stereocenters. The quantitative estimate of drug-likeness (QED) is 0.473. The van der Waals surface area contributed by atoms with Gasteiger partial charge in [-0.25, -0.2) is 4.98 Å². The smallest absolute Gasteiger partial charge is 0.273 e. The third-order valence-corrected chi connectivity index (χ3v) is 6.37. The molecule has 2 amide bonds. The predicted octanol–water partition coefficient (Wildman–Crippen LogP) is 4.29. The molecule has 2 aromatic heterocycles. The fourth-order valence-corrected chi connectivity index (χ4v) is 4.50. The minimum Gasteiger partial charge on any atom is -0.273 e. The van der Waals surface area contributed by atoms with Crippen LogP contribution >= 0.6 is 11.3 Å². The van der Waals surface area contributed by atoms with Crippen molar-refractivity contribution in [2.75, 3.05) is 0 Å². The van der Waals surface area contributed by atoms with Crippen LogP contribution in [0.5, 0.6) is 0 Å². The molecule has 4 aromatic rings. The highest BCUT2D eigenvalue weighted by molar-refractivity contribution is 7.17. The Hall–Kier alpha value is -3.58. The van der Waals surface area contributed by atoms with Crippen molar-refractivity contribution in [3.05, 3.63) is 82.0 Å². The summed E-state index contributed by atoms with van der Waals surface area (Å²) in [6.45, 7) is 5.67. The summed E-state index contributed by atoms with van der Waals surface area (Å²) in [4.78, 5) is 34.7. The van der Waals surface area contributed by atoms with Crippen molar-refractivity contribution in [2.45, 2.75) is 27.2 Å². The fourth-order valence-electron chi connectivity index (χ4n) is 3.53. The average Bonchev–Trinajstić information content (AvgIpc) is 3.17. The van der Waals surface area contributed by atoms with Crippen LogP contribution in [0.2, 0.25) is 0 Å². The van der Waals surface area contributed by atoms with Gasteiger partial charge >= 0.3 is 0 Å². The van der Waals surface area contributed by atoms with E-state index in [1.54, 1.807) is 6.92 Å². The van der Waals surface area contributed by atoms with E-state index < -0.39 is 0 Å². The number of aryl methyl sites for hydroxylation is 3.